The summed E-state index contributed by atoms with van der Waals surface area (Å²) in [5, 5.41) is 49.7. The number of aryl methyl sites for hydroxylation is 3. The number of amides is 1. The van der Waals surface area contributed by atoms with E-state index in [9.17, 15) is 30.3 Å². The summed E-state index contributed by atoms with van der Waals surface area (Å²) in [6, 6.07) is 6.45. The number of rotatable bonds is 15. The molecule has 322 valence electrons. The minimum Gasteiger partial charge on any atom is -0.396 e. The molecule has 1 unspecified atom stereocenters. The Labute approximate surface area is 351 Å². The number of H-pyrrole nitrogens is 2. The van der Waals surface area contributed by atoms with Gasteiger partial charge in [0.1, 0.15) is 29.9 Å². The highest BCUT2D eigenvalue weighted by molar-refractivity contribution is 7.99. The number of carbonyl (C=O) groups excluding carboxylic acids is 1. The highest BCUT2D eigenvalue weighted by Gasteiger charge is 2.43. The maximum Gasteiger partial charge on any atom is 0.222 e. The van der Waals surface area contributed by atoms with Gasteiger partial charge in [0, 0.05) is 84.1 Å². The fraction of sp³-hybridized carbons (Fsp3) is 0.578. The Morgan fingerprint density at radius 2 is 1.68 bits per heavy atom. The summed E-state index contributed by atoms with van der Waals surface area (Å²) in [5.74, 6) is 0.649. The van der Waals surface area contributed by atoms with Crippen LogP contribution in [0, 0.1) is 20.8 Å². The van der Waals surface area contributed by atoms with Crippen LogP contribution in [0.5, 0.6) is 0 Å². The zero-order valence-corrected chi connectivity index (χ0v) is 36.5. The van der Waals surface area contributed by atoms with Crippen LogP contribution in [0.25, 0.3) is 33.7 Å². The summed E-state index contributed by atoms with van der Waals surface area (Å²) in [6.07, 6.45) is -0.111. The van der Waals surface area contributed by atoms with E-state index in [2.05, 4.69) is 82.7 Å². The van der Waals surface area contributed by atoms with Gasteiger partial charge in [-0.15, -0.1) is 11.8 Å². The monoisotopic (exact) mass is 833 g/mol. The van der Waals surface area contributed by atoms with Crippen LogP contribution in [0.3, 0.4) is 0 Å². The summed E-state index contributed by atoms with van der Waals surface area (Å²) in [5.41, 5.74) is 13.3. The van der Waals surface area contributed by atoms with Crippen LogP contribution in [0.4, 0.5) is 0 Å². The molecule has 0 radical (unpaired) electrons. The molecular formula is C45H63N5O8S. The van der Waals surface area contributed by atoms with Gasteiger partial charge in [0.15, 0.2) is 0 Å². The van der Waals surface area contributed by atoms with Crippen molar-refractivity contribution in [1.82, 2.24) is 24.8 Å². The van der Waals surface area contributed by atoms with Gasteiger partial charge in [0.05, 0.1) is 24.1 Å². The number of hydrogen-bond acceptors (Lipinski definition) is 11. The second-order valence-electron chi connectivity index (χ2n) is 16.4. The highest BCUT2D eigenvalue weighted by atomic mass is 32.2. The van der Waals surface area contributed by atoms with Crippen molar-refractivity contribution in [2.24, 2.45) is 0 Å². The average Bonchev–Trinajstić information content (AvgIpc) is 3.92. The maximum absolute atomic E-state index is 13.2. The van der Waals surface area contributed by atoms with Crippen LogP contribution in [0.15, 0.2) is 18.2 Å². The molecule has 8 bridgehead atoms. The van der Waals surface area contributed by atoms with Crippen LogP contribution >= 0.6 is 11.8 Å². The first-order valence-electron chi connectivity index (χ1n) is 21.0. The summed E-state index contributed by atoms with van der Waals surface area (Å²) < 4.78 is 12.2. The van der Waals surface area contributed by atoms with Crippen molar-refractivity contribution in [2.45, 2.75) is 128 Å². The number of nitrogens with zero attached hydrogens (tertiary/aromatic N) is 3. The molecular weight excluding hydrogens is 771 g/mol. The fourth-order valence-corrected chi connectivity index (χ4v) is 9.75. The van der Waals surface area contributed by atoms with Crippen molar-refractivity contribution < 1.29 is 39.8 Å². The van der Waals surface area contributed by atoms with Crippen LogP contribution in [-0.2, 0) is 20.7 Å². The number of fused-ring (bicyclic) bond motifs is 8. The number of thioether (sulfide) groups is 1. The molecule has 3 aromatic heterocycles. The van der Waals surface area contributed by atoms with Crippen LogP contribution < -0.4 is 0 Å². The van der Waals surface area contributed by atoms with E-state index in [4.69, 9.17) is 19.4 Å². The van der Waals surface area contributed by atoms with E-state index in [1.165, 1.54) is 22.9 Å². The first kappa shape index (κ1) is 44.9. The quantitative estimate of drug-likeness (QED) is 0.0905. The number of allylic oxidation sites excluding steroid dienone is 1. The summed E-state index contributed by atoms with van der Waals surface area (Å²) in [7, 11) is 1.79. The van der Waals surface area contributed by atoms with Gasteiger partial charge in [-0.25, -0.2) is 4.98 Å². The number of nitrogens with one attached hydrogen (secondary N) is 2. The Kier molecular flexibility index (Phi) is 14.8. The SMILES string of the molecule is CCc1c(C)c2cc3[nH]c(cc4nc(c(C)c5nc(cc1[nH]2)C(C)=C5)[C@@H](CCC(=O)N(C)CCCO)[C@@H]4C)c(C)c3C(C)OCCCS[C@@H]1O[C@H](CO)[C@@H](O)[C@H](O)[C@H]1O. The van der Waals surface area contributed by atoms with Crippen molar-refractivity contribution in [3.05, 3.63) is 68.8 Å². The van der Waals surface area contributed by atoms with Crippen LogP contribution in [0.1, 0.15) is 122 Å². The average molecular weight is 834 g/mol. The predicted octanol–water partition coefficient (Wildman–Crippen LogP) is 5.87. The maximum atomic E-state index is 13.2. The third kappa shape index (κ3) is 9.50. The van der Waals surface area contributed by atoms with Gasteiger partial charge in [-0.1, -0.05) is 13.8 Å². The van der Waals surface area contributed by atoms with E-state index in [1.54, 1.807) is 11.9 Å². The Hall–Kier alpha value is -3.60. The molecule has 13 nitrogen and oxygen atoms in total. The number of ether oxygens (including phenoxy) is 2. The molecule has 0 saturated carbocycles. The second-order valence-corrected chi connectivity index (χ2v) is 17.6. The number of carbonyl (C=O) groups is 1. The van der Waals surface area contributed by atoms with Gasteiger partial charge in [0.25, 0.3) is 0 Å². The molecule has 8 atom stereocenters. The molecule has 3 aromatic rings. The van der Waals surface area contributed by atoms with E-state index >= 15 is 0 Å². The summed E-state index contributed by atoms with van der Waals surface area (Å²) in [6.45, 7) is 15.4. The van der Waals surface area contributed by atoms with E-state index in [-0.39, 0.29) is 30.5 Å². The van der Waals surface area contributed by atoms with Gasteiger partial charge < -0.3 is 49.9 Å². The summed E-state index contributed by atoms with van der Waals surface area (Å²) in [4.78, 5) is 32.8. The molecule has 7 N–H and O–H groups in total. The number of aliphatic hydroxyl groups excluding tert-OH is 5. The van der Waals surface area contributed by atoms with E-state index in [0.29, 0.717) is 44.6 Å². The Balaban J connectivity index is 1.38. The lowest BCUT2D eigenvalue weighted by molar-refractivity contribution is -0.205. The Bertz CT molecular complexity index is 2180. The number of hydrogen-bond donors (Lipinski definition) is 7. The molecule has 1 saturated heterocycles. The molecule has 59 heavy (non-hydrogen) atoms. The Morgan fingerprint density at radius 3 is 2.39 bits per heavy atom. The standard InChI is InChI=1S/C45H63N5O8S/c1-9-29-24(3)33-21-37-40(28(7)57-16-11-17-59-45-44(56)43(55)42(54)38(22-52)58-45)26(5)35(48-37)20-34-25(4)30(12-13-39(53)50(8)14-10-15-51)41(49-34)27(6)32-18-23(2)31(46-32)19-36(29)47-33/h18-21,25,28,30,38,42-45,47-48,51-52,54-56H,9-17,22H2,1-8H3/t25-,28?,30-,38+,42+,43-,44+,45-/m0/s1. The van der Waals surface area contributed by atoms with Crippen molar-refractivity contribution >= 4 is 51.4 Å². The molecule has 6 rings (SSSR count). The predicted molar refractivity (Wildman–Crippen MR) is 233 cm³/mol. The van der Waals surface area contributed by atoms with Gasteiger partial charge in [-0.05, 0) is 118 Å². The van der Waals surface area contributed by atoms with Crippen molar-refractivity contribution in [3.63, 3.8) is 0 Å². The molecule has 0 aromatic carbocycles. The first-order valence-corrected chi connectivity index (χ1v) is 22.0. The zero-order valence-electron chi connectivity index (χ0n) is 35.7. The molecule has 3 aliphatic heterocycles. The van der Waals surface area contributed by atoms with Gasteiger partial charge >= 0.3 is 0 Å². The number of aromatic amines is 2. The third-order valence-electron chi connectivity index (χ3n) is 12.4. The van der Waals surface area contributed by atoms with Crippen molar-refractivity contribution in [3.8, 4) is 0 Å². The largest absolute Gasteiger partial charge is 0.396 e. The minimum atomic E-state index is -1.40. The smallest absolute Gasteiger partial charge is 0.222 e. The normalized spacial score (nSPS) is 23.7. The lowest BCUT2D eigenvalue weighted by Gasteiger charge is -2.39. The first-order chi connectivity index (χ1) is 28.2. The molecule has 6 heterocycles. The molecule has 0 spiro atoms. The van der Waals surface area contributed by atoms with Crippen molar-refractivity contribution in [2.75, 3.05) is 39.2 Å². The minimum absolute atomic E-state index is 0.000300. The number of aliphatic hydroxyl groups is 5. The van der Waals surface area contributed by atoms with Crippen LogP contribution in [-0.4, -0.2) is 125 Å². The number of aromatic nitrogens is 4. The molecule has 1 fully saturated rings. The highest BCUT2D eigenvalue weighted by Crippen LogP contribution is 2.42. The molecule has 14 heteroatoms. The van der Waals surface area contributed by atoms with Crippen molar-refractivity contribution in [1.29, 1.82) is 0 Å². The van der Waals surface area contributed by atoms with Gasteiger partial charge in [0.2, 0.25) is 5.91 Å². The lowest BCUT2D eigenvalue weighted by Crippen LogP contribution is -2.57. The molecule has 1 amide bonds. The zero-order chi connectivity index (χ0) is 42.7. The lowest BCUT2D eigenvalue weighted by atomic mass is 9.85. The van der Waals surface area contributed by atoms with E-state index in [1.807, 2.05) is 0 Å². The topological polar surface area (TPSA) is 197 Å². The molecule has 0 aliphatic carbocycles. The van der Waals surface area contributed by atoms with Gasteiger partial charge in [-0.2, -0.15) is 0 Å². The van der Waals surface area contributed by atoms with Gasteiger partial charge in [-0.3, -0.25) is 9.78 Å². The third-order valence-corrected chi connectivity index (χ3v) is 13.7. The Morgan fingerprint density at radius 1 is 0.949 bits per heavy atom. The second kappa shape index (κ2) is 19.4. The van der Waals surface area contributed by atoms with E-state index in [0.717, 1.165) is 73.5 Å². The van der Waals surface area contributed by atoms with E-state index < -0.39 is 36.5 Å². The fourth-order valence-electron chi connectivity index (χ4n) is 8.65. The van der Waals surface area contributed by atoms with Crippen LogP contribution in [0.2, 0.25) is 0 Å². The summed E-state index contributed by atoms with van der Waals surface area (Å²) >= 11 is 1.32. The molecule has 3 aliphatic rings.